The molecule has 1 fully saturated rings. The molecule has 0 aliphatic heterocycles. The van der Waals surface area contributed by atoms with Gasteiger partial charge in [0.2, 0.25) is 0 Å². The van der Waals surface area contributed by atoms with E-state index in [1.807, 2.05) is 24.0 Å². The van der Waals surface area contributed by atoms with Crippen LogP contribution in [0, 0.1) is 5.41 Å². The molecule has 1 aliphatic rings. The van der Waals surface area contributed by atoms with E-state index in [1.54, 1.807) is 7.11 Å². The van der Waals surface area contributed by atoms with Gasteiger partial charge in [-0.15, -0.1) is 24.0 Å². The van der Waals surface area contributed by atoms with Crippen LogP contribution in [0.1, 0.15) is 44.7 Å². The number of hydrogen-bond acceptors (Lipinski definition) is 3. The molecule has 1 heterocycles. The van der Waals surface area contributed by atoms with Gasteiger partial charge in [0.05, 0.1) is 12.2 Å². The Labute approximate surface area is 162 Å². The van der Waals surface area contributed by atoms with Crippen LogP contribution in [0.2, 0.25) is 0 Å². The molecule has 24 heavy (non-hydrogen) atoms. The highest BCUT2D eigenvalue weighted by Crippen LogP contribution is 2.40. The number of halogens is 1. The Bertz CT molecular complexity index is 497. The fourth-order valence-corrected chi connectivity index (χ4v) is 3.29. The predicted octanol–water partition coefficient (Wildman–Crippen LogP) is 2.69. The summed E-state index contributed by atoms with van der Waals surface area (Å²) in [6, 6.07) is 2.00. The molecule has 0 radical (unpaired) electrons. The predicted molar refractivity (Wildman–Crippen MR) is 109 cm³/mol. The highest BCUT2D eigenvalue weighted by molar-refractivity contribution is 14.0. The highest BCUT2D eigenvalue weighted by atomic mass is 127. The van der Waals surface area contributed by atoms with Crippen molar-refractivity contribution in [2.45, 2.75) is 45.6 Å². The van der Waals surface area contributed by atoms with E-state index in [4.69, 9.17) is 9.73 Å². The van der Waals surface area contributed by atoms with Crippen LogP contribution in [0.5, 0.6) is 0 Å². The van der Waals surface area contributed by atoms with Gasteiger partial charge in [-0.3, -0.25) is 4.68 Å². The fourth-order valence-electron chi connectivity index (χ4n) is 3.29. The van der Waals surface area contributed by atoms with Crippen LogP contribution in [0.3, 0.4) is 0 Å². The number of hydrogen-bond donors (Lipinski definition) is 2. The molecule has 0 atom stereocenters. The lowest BCUT2D eigenvalue weighted by Gasteiger charge is -2.30. The molecule has 0 bridgehead atoms. The Balaban J connectivity index is 0.00000288. The third kappa shape index (κ3) is 6.23. The van der Waals surface area contributed by atoms with Crippen molar-refractivity contribution in [3.05, 3.63) is 18.0 Å². The largest absolute Gasteiger partial charge is 0.385 e. The normalized spacial score (nSPS) is 16.7. The summed E-state index contributed by atoms with van der Waals surface area (Å²) in [4.78, 5) is 4.69. The summed E-state index contributed by atoms with van der Waals surface area (Å²) in [5.74, 6) is 0.886. The van der Waals surface area contributed by atoms with Crippen molar-refractivity contribution < 1.29 is 4.74 Å². The SMILES string of the molecule is CCNC(=NCc1ccnn1C)NCC1(CCOC)CCCC1.I. The van der Waals surface area contributed by atoms with Crippen LogP contribution in [0.4, 0.5) is 0 Å². The Morgan fingerprint density at radius 2 is 2.12 bits per heavy atom. The van der Waals surface area contributed by atoms with Crippen molar-refractivity contribution >= 4 is 29.9 Å². The summed E-state index contributed by atoms with van der Waals surface area (Å²) in [5.41, 5.74) is 1.47. The zero-order valence-electron chi connectivity index (χ0n) is 15.2. The second-order valence-corrected chi connectivity index (χ2v) is 6.44. The lowest BCUT2D eigenvalue weighted by molar-refractivity contribution is 0.138. The second-order valence-electron chi connectivity index (χ2n) is 6.44. The summed E-state index contributed by atoms with van der Waals surface area (Å²) in [5, 5.41) is 11.1. The van der Waals surface area contributed by atoms with Gasteiger partial charge in [0, 0.05) is 40.1 Å². The zero-order chi connectivity index (χ0) is 16.5. The summed E-state index contributed by atoms with van der Waals surface area (Å²) in [7, 11) is 3.74. The number of nitrogens with zero attached hydrogens (tertiary/aromatic N) is 3. The summed E-state index contributed by atoms with van der Waals surface area (Å²) >= 11 is 0. The van der Waals surface area contributed by atoms with Crippen LogP contribution in [-0.2, 0) is 18.3 Å². The van der Waals surface area contributed by atoms with Gasteiger partial charge in [-0.1, -0.05) is 12.8 Å². The van der Waals surface area contributed by atoms with Crippen LogP contribution in [-0.4, -0.2) is 42.5 Å². The zero-order valence-corrected chi connectivity index (χ0v) is 17.5. The van der Waals surface area contributed by atoms with Crippen molar-refractivity contribution in [1.82, 2.24) is 20.4 Å². The Morgan fingerprint density at radius 1 is 1.38 bits per heavy atom. The molecule has 1 aliphatic carbocycles. The Morgan fingerprint density at radius 3 is 2.71 bits per heavy atom. The first-order valence-corrected chi connectivity index (χ1v) is 8.67. The van der Waals surface area contributed by atoms with Gasteiger partial charge in [0.25, 0.3) is 0 Å². The molecular formula is C17H32IN5O. The van der Waals surface area contributed by atoms with Gasteiger partial charge in [-0.25, -0.2) is 4.99 Å². The average Bonchev–Trinajstić information content (AvgIpc) is 3.18. The molecule has 138 valence electrons. The standard InChI is InChI=1S/C17H31N5O.HI/c1-4-18-16(19-13-15-7-11-21-22(15)2)20-14-17(10-12-23-3)8-5-6-9-17;/h7,11H,4-6,8-10,12-14H2,1-3H3,(H2,18,19,20);1H. The number of rotatable bonds is 8. The molecule has 2 N–H and O–H groups in total. The van der Waals surface area contributed by atoms with Crippen molar-refractivity contribution in [3.63, 3.8) is 0 Å². The van der Waals surface area contributed by atoms with Crippen LogP contribution in [0.15, 0.2) is 17.3 Å². The Kier molecular flexibility index (Phi) is 9.65. The minimum absolute atomic E-state index is 0. The molecule has 1 saturated carbocycles. The second kappa shape index (κ2) is 10.9. The lowest BCUT2D eigenvalue weighted by atomic mass is 9.83. The molecule has 6 nitrogen and oxygen atoms in total. The molecule has 7 heteroatoms. The number of aliphatic imine (C=N–C) groups is 1. The summed E-state index contributed by atoms with van der Waals surface area (Å²) < 4.78 is 7.17. The fraction of sp³-hybridized carbons (Fsp3) is 0.765. The number of guanidine groups is 1. The van der Waals surface area contributed by atoms with E-state index < -0.39 is 0 Å². The number of ether oxygens (including phenoxy) is 1. The lowest BCUT2D eigenvalue weighted by Crippen LogP contribution is -2.43. The molecule has 0 spiro atoms. The maximum Gasteiger partial charge on any atom is 0.191 e. The van der Waals surface area contributed by atoms with Gasteiger partial charge in [-0.05, 0) is 37.7 Å². The maximum absolute atomic E-state index is 5.31. The van der Waals surface area contributed by atoms with Crippen LogP contribution < -0.4 is 10.6 Å². The quantitative estimate of drug-likeness (QED) is 0.364. The molecule has 1 aromatic heterocycles. The number of aromatic nitrogens is 2. The topological polar surface area (TPSA) is 63.5 Å². The van der Waals surface area contributed by atoms with E-state index in [-0.39, 0.29) is 24.0 Å². The maximum atomic E-state index is 5.31. The molecule has 0 saturated heterocycles. The van der Waals surface area contributed by atoms with Crippen LogP contribution >= 0.6 is 24.0 Å². The smallest absolute Gasteiger partial charge is 0.191 e. The van der Waals surface area contributed by atoms with Gasteiger partial charge >= 0.3 is 0 Å². The van der Waals surface area contributed by atoms with Crippen molar-refractivity contribution in [1.29, 1.82) is 0 Å². The first-order valence-electron chi connectivity index (χ1n) is 8.67. The molecule has 2 rings (SSSR count). The molecule has 0 amide bonds. The van der Waals surface area contributed by atoms with Gasteiger partial charge < -0.3 is 15.4 Å². The van der Waals surface area contributed by atoms with E-state index in [0.717, 1.165) is 37.8 Å². The number of nitrogens with one attached hydrogen (secondary N) is 2. The van der Waals surface area contributed by atoms with E-state index in [0.29, 0.717) is 12.0 Å². The Hall–Kier alpha value is -0.830. The average molecular weight is 449 g/mol. The van der Waals surface area contributed by atoms with E-state index >= 15 is 0 Å². The van der Waals surface area contributed by atoms with E-state index in [1.165, 1.54) is 25.7 Å². The third-order valence-electron chi connectivity index (χ3n) is 4.80. The van der Waals surface area contributed by atoms with Gasteiger partial charge in [0.15, 0.2) is 5.96 Å². The number of methoxy groups -OCH3 is 1. The number of aryl methyl sites for hydroxylation is 1. The van der Waals surface area contributed by atoms with Crippen molar-refractivity contribution in [3.8, 4) is 0 Å². The summed E-state index contributed by atoms with van der Waals surface area (Å²) in [6.07, 6.45) is 8.15. The first-order chi connectivity index (χ1) is 11.2. The minimum Gasteiger partial charge on any atom is -0.385 e. The molecule has 1 aromatic rings. The minimum atomic E-state index is 0. The van der Waals surface area contributed by atoms with Gasteiger partial charge in [0.1, 0.15) is 0 Å². The highest BCUT2D eigenvalue weighted by Gasteiger charge is 2.33. The van der Waals surface area contributed by atoms with E-state index in [2.05, 4.69) is 22.7 Å². The van der Waals surface area contributed by atoms with Crippen molar-refractivity contribution in [2.24, 2.45) is 17.5 Å². The molecule has 0 aromatic carbocycles. The monoisotopic (exact) mass is 449 g/mol. The summed E-state index contributed by atoms with van der Waals surface area (Å²) in [6.45, 7) is 5.40. The van der Waals surface area contributed by atoms with Gasteiger partial charge in [-0.2, -0.15) is 5.10 Å². The van der Waals surface area contributed by atoms with E-state index in [9.17, 15) is 0 Å². The van der Waals surface area contributed by atoms with Crippen molar-refractivity contribution in [2.75, 3.05) is 26.8 Å². The third-order valence-corrected chi connectivity index (χ3v) is 4.80. The first kappa shape index (κ1) is 21.2. The molecular weight excluding hydrogens is 417 g/mol. The van der Waals surface area contributed by atoms with Crippen LogP contribution in [0.25, 0.3) is 0 Å². The molecule has 0 unspecified atom stereocenters.